The minimum atomic E-state index is -0.145. The van der Waals surface area contributed by atoms with Gasteiger partial charge in [0.25, 0.3) is 0 Å². The summed E-state index contributed by atoms with van der Waals surface area (Å²) in [4.78, 5) is 0. The highest BCUT2D eigenvalue weighted by molar-refractivity contribution is 5.95. The van der Waals surface area contributed by atoms with E-state index in [1.165, 1.54) is 70.2 Å². The van der Waals surface area contributed by atoms with Gasteiger partial charge in [0.2, 0.25) is 0 Å². The third-order valence-electron chi connectivity index (χ3n) is 8.90. The molecule has 1 heteroatoms. The lowest BCUT2D eigenvalue weighted by atomic mass is 9.68. The molecule has 5 aromatic rings. The summed E-state index contributed by atoms with van der Waals surface area (Å²) >= 11 is 0. The van der Waals surface area contributed by atoms with E-state index in [4.69, 9.17) is 0 Å². The van der Waals surface area contributed by atoms with E-state index in [0.29, 0.717) is 0 Å². The number of rotatable bonds is 3. The first kappa shape index (κ1) is 21.7. The van der Waals surface area contributed by atoms with Gasteiger partial charge in [0.1, 0.15) is 0 Å². The van der Waals surface area contributed by atoms with E-state index in [9.17, 15) is 0 Å². The highest BCUT2D eigenvalue weighted by Crippen LogP contribution is 2.64. The predicted octanol–water partition coefficient (Wildman–Crippen LogP) is 9.75. The van der Waals surface area contributed by atoms with Crippen molar-refractivity contribution in [1.82, 2.24) is 0 Å². The third kappa shape index (κ3) is 2.99. The predicted molar refractivity (Wildman–Crippen MR) is 159 cm³/mol. The summed E-state index contributed by atoms with van der Waals surface area (Å²) in [7, 11) is 0. The Kier molecular flexibility index (Phi) is 4.76. The fraction of sp³-hybridized carbons (Fsp3) is 0.135. The van der Waals surface area contributed by atoms with Crippen LogP contribution in [-0.2, 0) is 5.41 Å². The van der Waals surface area contributed by atoms with Crippen LogP contribution in [0.25, 0.3) is 27.8 Å². The lowest BCUT2D eigenvalue weighted by Gasteiger charge is -2.34. The normalized spacial score (nSPS) is 18.6. The quantitative estimate of drug-likeness (QED) is 0.267. The molecule has 1 unspecified atom stereocenters. The van der Waals surface area contributed by atoms with Gasteiger partial charge in [-0.2, -0.15) is 0 Å². The van der Waals surface area contributed by atoms with Gasteiger partial charge in [-0.15, -0.1) is 0 Å². The number of nitrogens with one attached hydrogen (secondary N) is 1. The third-order valence-corrected chi connectivity index (χ3v) is 8.90. The molecule has 0 amide bonds. The van der Waals surface area contributed by atoms with E-state index in [2.05, 4.69) is 127 Å². The molecule has 1 nitrogen and oxygen atoms in total. The van der Waals surface area contributed by atoms with Crippen molar-refractivity contribution in [2.45, 2.75) is 31.1 Å². The molecule has 3 aliphatic rings. The van der Waals surface area contributed by atoms with E-state index in [0.717, 1.165) is 11.4 Å². The van der Waals surface area contributed by atoms with E-state index < -0.39 is 0 Å². The Morgan fingerprint density at radius 3 is 1.89 bits per heavy atom. The average Bonchev–Trinajstić information content (AvgIpc) is 3.45. The van der Waals surface area contributed by atoms with Gasteiger partial charge in [-0.05, 0) is 106 Å². The van der Waals surface area contributed by atoms with Crippen molar-refractivity contribution in [1.29, 1.82) is 0 Å². The Morgan fingerprint density at radius 1 is 0.474 bits per heavy atom. The molecule has 0 saturated carbocycles. The Balaban J connectivity index is 1.24. The second-order valence-corrected chi connectivity index (χ2v) is 10.8. The summed E-state index contributed by atoms with van der Waals surface area (Å²) in [6, 6.07) is 44.7. The van der Waals surface area contributed by atoms with Crippen molar-refractivity contribution in [3.8, 4) is 22.3 Å². The average molecular weight is 488 g/mol. The molecule has 1 N–H and O–H groups in total. The molecule has 0 radical (unpaired) electrons. The van der Waals surface area contributed by atoms with Crippen molar-refractivity contribution in [2.75, 3.05) is 5.32 Å². The molecule has 3 aliphatic carbocycles. The molecule has 0 saturated heterocycles. The maximum Gasteiger partial charge on any atom is 0.0685 e. The number of fused-ring (bicyclic) bond motifs is 9. The Bertz CT molecular complexity index is 1730. The summed E-state index contributed by atoms with van der Waals surface area (Å²) in [6.07, 6.45) is 4.96. The maximum absolute atomic E-state index is 3.69. The van der Waals surface area contributed by atoms with Gasteiger partial charge in [0, 0.05) is 11.4 Å². The number of anilines is 2. The van der Waals surface area contributed by atoms with Gasteiger partial charge in [0.05, 0.1) is 5.41 Å². The van der Waals surface area contributed by atoms with Crippen LogP contribution in [0.15, 0.2) is 127 Å². The molecule has 5 aromatic carbocycles. The van der Waals surface area contributed by atoms with Crippen LogP contribution in [0.3, 0.4) is 0 Å². The molecular formula is C37H29N. The van der Waals surface area contributed by atoms with E-state index >= 15 is 0 Å². The van der Waals surface area contributed by atoms with Crippen molar-refractivity contribution in [3.05, 3.63) is 149 Å². The van der Waals surface area contributed by atoms with Crippen LogP contribution < -0.4 is 5.32 Å². The summed E-state index contributed by atoms with van der Waals surface area (Å²) in [5.74, 6) is 0. The van der Waals surface area contributed by atoms with Crippen LogP contribution in [0.1, 0.15) is 47.9 Å². The highest BCUT2D eigenvalue weighted by Gasteiger charge is 2.52. The van der Waals surface area contributed by atoms with Crippen LogP contribution in [-0.4, -0.2) is 0 Å². The number of hydrogen-bond donors (Lipinski definition) is 1. The topological polar surface area (TPSA) is 12.0 Å². The first-order chi connectivity index (χ1) is 18.8. The van der Waals surface area contributed by atoms with Gasteiger partial charge in [-0.25, -0.2) is 0 Å². The van der Waals surface area contributed by atoms with E-state index in [-0.39, 0.29) is 5.41 Å². The molecule has 0 fully saturated rings. The standard InChI is InChI=1S/C37H29N/c1-2-10-25(11-3-1)26-18-20-27(21-19-26)38-28-22-23-36-32(24-28)31-14-6-9-17-35(31)37(36)33-15-7-4-12-29(33)30-13-5-8-16-34(30)37/h1-4,6-7,9-12,14-15,17-24,38H,5,8,13,16H2. The summed E-state index contributed by atoms with van der Waals surface area (Å²) in [5.41, 5.74) is 16.4. The molecule has 1 spiro atoms. The van der Waals surface area contributed by atoms with Gasteiger partial charge in [-0.3, -0.25) is 0 Å². The monoisotopic (exact) mass is 487 g/mol. The zero-order chi connectivity index (χ0) is 25.1. The molecular weight excluding hydrogens is 458 g/mol. The lowest BCUT2D eigenvalue weighted by molar-refractivity contribution is 0.642. The molecule has 8 rings (SSSR count). The first-order valence-corrected chi connectivity index (χ1v) is 13.8. The van der Waals surface area contributed by atoms with Crippen molar-refractivity contribution in [2.24, 2.45) is 0 Å². The number of benzene rings is 5. The molecule has 1 atom stereocenters. The molecule has 0 aromatic heterocycles. The fourth-order valence-corrected chi connectivity index (χ4v) is 7.37. The van der Waals surface area contributed by atoms with Crippen LogP contribution in [0.4, 0.5) is 11.4 Å². The minimum Gasteiger partial charge on any atom is -0.356 e. The minimum absolute atomic E-state index is 0.145. The van der Waals surface area contributed by atoms with E-state index in [1.54, 1.807) is 11.1 Å². The maximum atomic E-state index is 3.69. The molecule has 182 valence electrons. The Morgan fingerprint density at radius 2 is 1.08 bits per heavy atom. The van der Waals surface area contributed by atoms with Gasteiger partial charge >= 0.3 is 0 Å². The lowest BCUT2D eigenvalue weighted by Crippen LogP contribution is -2.28. The van der Waals surface area contributed by atoms with Gasteiger partial charge in [0.15, 0.2) is 0 Å². The van der Waals surface area contributed by atoms with Crippen LogP contribution in [0.5, 0.6) is 0 Å². The van der Waals surface area contributed by atoms with Gasteiger partial charge in [-0.1, -0.05) is 97.1 Å². The van der Waals surface area contributed by atoms with Crippen molar-refractivity contribution < 1.29 is 0 Å². The summed E-state index contributed by atoms with van der Waals surface area (Å²) in [6.45, 7) is 0. The van der Waals surface area contributed by atoms with Crippen LogP contribution in [0.2, 0.25) is 0 Å². The van der Waals surface area contributed by atoms with E-state index in [1.807, 2.05) is 0 Å². The summed E-state index contributed by atoms with van der Waals surface area (Å²) < 4.78 is 0. The number of hydrogen-bond acceptors (Lipinski definition) is 1. The second kappa shape index (κ2) is 8.33. The zero-order valence-corrected chi connectivity index (χ0v) is 21.4. The summed E-state index contributed by atoms with van der Waals surface area (Å²) in [5, 5.41) is 3.69. The van der Waals surface area contributed by atoms with Crippen molar-refractivity contribution >= 4 is 16.9 Å². The van der Waals surface area contributed by atoms with Crippen LogP contribution >= 0.6 is 0 Å². The molecule has 38 heavy (non-hydrogen) atoms. The Hall–Kier alpha value is -4.36. The highest BCUT2D eigenvalue weighted by atomic mass is 14.9. The molecule has 0 bridgehead atoms. The molecule has 0 heterocycles. The first-order valence-electron chi connectivity index (χ1n) is 13.8. The Labute approximate surface area is 224 Å². The largest absolute Gasteiger partial charge is 0.356 e. The smallest absolute Gasteiger partial charge is 0.0685 e. The SMILES string of the molecule is c1ccc(-c2ccc(Nc3ccc4c(c3)-c3ccccc3C43C4=C(CCCC4)c4ccccc43)cc2)cc1. The second-order valence-electron chi connectivity index (χ2n) is 10.8. The van der Waals surface area contributed by atoms with Crippen LogP contribution in [0, 0.1) is 0 Å². The van der Waals surface area contributed by atoms with Crippen molar-refractivity contribution in [3.63, 3.8) is 0 Å². The van der Waals surface area contributed by atoms with Gasteiger partial charge < -0.3 is 5.32 Å². The fourth-order valence-electron chi connectivity index (χ4n) is 7.37. The zero-order valence-electron chi connectivity index (χ0n) is 21.4. The number of allylic oxidation sites excluding steroid dienone is 2. The molecule has 0 aliphatic heterocycles.